The van der Waals surface area contributed by atoms with Gasteiger partial charge in [-0.25, -0.2) is 0 Å². The van der Waals surface area contributed by atoms with Crippen LogP contribution in [0.25, 0.3) is 0 Å². The van der Waals surface area contributed by atoms with Gasteiger partial charge in [0.25, 0.3) is 0 Å². The Balaban J connectivity index is 2.04. The van der Waals surface area contributed by atoms with Gasteiger partial charge in [0.15, 0.2) is 0 Å². The lowest BCUT2D eigenvalue weighted by Crippen LogP contribution is -2.32. The molecule has 3 unspecified atom stereocenters. The second-order valence-corrected chi connectivity index (χ2v) is 7.03. The van der Waals surface area contributed by atoms with Gasteiger partial charge in [0.1, 0.15) is 5.76 Å². The Kier molecular flexibility index (Phi) is 6.63. The quantitative estimate of drug-likeness (QED) is 0.677. The summed E-state index contributed by atoms with van der Waals surface area (Å²) in [5.41, 5.74) is 0. The molecule has 1 aromatic heterocycles. The summed E-state index contributed by atoms with van der Waals surface area (Å²) in [6.07, 6.45) is 9.71. The van der Waals surface area contributed by atoms with Crippen LogP contribution in [0.1, 0.15) is 64.1 Å². The zero-order valence-corrected chi connectivity index (χ0v) is 14.4. The Labute approximate surface area is 131 Å². The summed E-state index contributed by atoms with van der Waals surface area (Å²) in [6, 6.07) is 2.04. The summed E-state index contributed by atoms with van der Waals surface area (Å²) in [5, 5.41) is 3.61. The van der Waals surface area contributed by atoms with Crippen molar-refractivity contribution in [2.75, 3.05) is 13.1 Å². The smallest absolute Gasteiger partial charge is 0.121 e. The van der Waals surface area contributed by atoms with Gasteiger partial charge in [-0.2, -0.15) is 0 Å². The summed E-state index contributed by atoms with van der Waals surface area (Å²) in [4.78, 5) is 0. The molecule has 114 valence electrons. The molecule has 3 heteroatoms. The van der Waals surface area contributed by atoms with Gasteiger partial charge in [-0.3, -0.25) is 0 Å². The van der Waals surface area contributed by atoms with Crippen LogP contribution in [0.2, 0.25) is 0 Å². The van der Waals surface area contributed by atoms with Crippen LogP contribution in [0.3, 0.4) is 0 Å². The van der Waals surface area contributed by atoms with Crippen LogP contribution in [-0.4, -0.2) is 13.1 Å². The molecule has 1 aliphatic carbocycles. The normalized spacial score (nSPS) is 26.9. The minimum Gasteiger partial charge on any atom is -0.468 e. The van der Waals surface area contributed by atoms with Gasteiger partial charge >= 0.3 is 0 Å². The van der Waals surface area contributed by atoms with Gasteiger partial charge in [-0.15, -0.1) is 0 Å². The van der Waals surface area contributed by atoms with E-state index in [4.69, 9.17) is 4.42 Å². The molecule has 1 fully saturated rings. The van der Waals surface area contributed by atoms with Crippen LogP contribution in [0.4, 0.5) is 0 Å². The molecule has 0 saturated heterocycles. The maximum Gasteiger partial charge on any atom is 0.121 e. The lowest BCUT2D eigenvalue weighted by atomic mass is 9.71. The molecular weight excluding hydrogens is 314 g/mol. The van der Waals surface area contributed by atoms with E-state index in [1.165, 1.54) is 44.3 Å². The summed E-state index contributed by atoms with van der Waals surface area (Å²) in [6.45, 7) is 6.78. The lowest BCUT2D eigenvalue weighted by molar-refractivity contribution is 0.200. The van der Waals surface area contributed by atoms with Crippen LogP contribution in [0, 0.1) is 11.8 Å². The average Bonchev–Trinajstić information content (AvgIpc) is 2.87. The van der Waals surface area contributed by atoms with Gasteiger partial charge in [-0.05, 0) is 66.2 Å². The summed E-state index contributed by atoms with van der Waals surface area (Å²) in [5.74, 6) is 3.35. The molecule has 1 aliphatic rings. The largest absolute Gasteiger partial charge is 0.468 e. The van der Waals surface area contributed by atoms with Crippen molar-refractivity contribution in [1.82, 2.24) is 5.32 Å². The Morgan fingerprint density at radius 3 is 2.80 bits per heavy atom. The SMILES string of the molecule is CCCNCC1CCC(CCC)CC1c1occc1Br. The van der Waals surface area contributed by atoms with E-state index in [1.54, 1.807) is 0 Å². The molecule has 20 heavy (non-hydrogen) atoms. The van der Waals surface area contributed by atoms with Crippen molar-refractivity contribution >= 4 is 15.9 Å². The van der Waals surface area contributed by atoms with E-state index >= 15 is 0 Å². The van der Waals surface area contributed by atoms with E-state index in [1.807, 2.05) is 12.3 Å². The first-order valence-corrected chi connectivity index (χ1v) is 8.99. The molecule has 3 atom stereocenters. The van der Waals surface area contributed by atoms with E-state index < -0.39 is 0 Å². The highest BCUT2D eigenvalue weighted by atomic mass is 79.9. The molecule has 1 aromatic rings. The maximum atomic E-state index is 5.79. The number of hydrogen-bond acceptors (Lipinski definition) is 2. The first kappa shape index (κ1) is 16.1. The minimum absolute atomic E-state index is 0.578. The number of hydrogen-bond donors (Lipinski definition) is 1. The standard InChI is InChI=1S/C17H28BrNO/c1-3-5-13-6-7-14(12-19-9-4-2)15(11-13)17-16(18)8-10-20-17/h8,10,13-15,19H,3-7,9,11-12H2,1-2H3. The molecule has 0 aromatic carbocycles. The Morgan fingerprint density at radius 1 is 1.30 bits per heavy atom. The molecule has 0 aliphatic heterocycles. The van der Waals surface area contributed by atoms with Crippen molar-refractivity contribution in [3.63, 3.8) is 0 Å². The monoisotopic (exact) mass is 341 g/mol. The van der Waals surface area contributed by atoms with E-state index in [-0.39, 0.29) is 0 Å². The lowest BCUT2D eigenvalue weighted by Gasteiger charge is -2.35. The van der Waals surface area contributed by atoms with Gasteiger partial charge in [-0.1, -0.05) is 33.1 Å². The fourth-order valence-electron chi connectivity index (χ4n) is 3.59. The maximum absolute atomic E-state index is 5.79. The Hall–Kier alpha value is -0.280. The van der Waals surface area contributed by atoms with Gasteiger partial charge < -0.3 is 9.73 Å². The average molecular weight is 342 g/mol. The molecule has 0 bridgehead atoms. The van der Waals surface area contributed by atoms with Crippen LogP contribution < -0.4 is 5.32 Å². The van der Waals surface area contributed by atoms with E-state index in [0.29, 0.717) is 5.92 Å². The summed E-state index contributed by atoms with van der Waals surface area (Å²) >= 11 is 3.66. The minimum atomic E-state index is 0.578. The van der Waals surface area contributed by atoms with Crippen molar-refractivity contribution in [3.05, 3.63) is 22.6 Å². The number of furan rings is 1. The van der Waals surface area contributed by atoms with E-state index in [9.17, 15) is 0 Å². The highest BCUT2D eigenvalue weighted by Gasteiger charge is 2.33. The fourth-order valence-corrected chi connectivity index (χ4v) is 4.09. The highest BCUT2D eigenvalue weighted by molar-refractivity contribution is 9.10. The zero-order chi connectivity index (χ0) is 14.4. The third kappa shape index (κ3) is 4.11. The van der Waals surface area contributed by atoms with Crippen molar-refractivity contribution in [2.45, 2.75) is 58.3 Å². The number of nitrogens with one attached hydrogen (secondary N) is 1. The second kappa shape index (κ2) is 8.23. The van der Waals surface area contributed by atoms with Crippen LogP contribution in [-0.2, 0) is 0 Å². The molecule has 2 rings (SSSR count). The van der Waals surface area contributed by atoms with Crippen LogP contribution >= 0.6 is 15.9 Å². The van der Waals surface area contributed by atoms with Crippen molar-refractivity contribution < 1.29 is 4.42 Å². The van der Waals surface area contributed by atoms with Crippen LogP contribution in [0.5, 0.6) is 0 Å². The first-order chi connectivity index (χ1) is 9.76. The molecule has 0 amide bonds. The first-order valence-electron chi connectivity index (χ1n) is 8.19. The number of rotatable bonds is 7. The fraction of sp³-hybridized carbons (Fsp3) is 0.765. The van der Waals surface area contributed by atoms with Gasteiger partial charge in [0, 0.05) is 5.92 Å². The summed E-state index contributed by atoms with van der Waals surface area (Å²) < 4.78 is 6.95. The molecule has 1 saturated carbocycles. The Morgan fingerprint density at radius 2 is 2.15 bits per heavy atom. The zero-order valence-electron chi connectivity index (χ0n) is 12.8. The van der Waals surface area contributed by atoms with Gasteiger partial charge in [0.05, 0.1) is 10.7 Å². The molecule has 0 radical (unpaired) electrons. The molecule has 2 nitrogen and oxygen atoms in total. The van der Waals surface area contributed by atoms with Crippen molar-refractivity contribution in [1.29, 1.82) is 0 Å². The topological polar surface area (TPSA) is 25.2 Å². The summed E-state index contributed by atoms with van der Waals surface area (Å²) in [7, 11) is 0. The predicted octanol–water partition coefficient (Wildman–Crippen LogP) is 5.34. The predicted molar refractivity (Wildman–Crippen MR) is 88.0 cm³/mol. The van der Waals surface area contributed by atoms with Crippen LogP contribution in [0.15, 0.2) is 21.2 Å². The van der Waals surface area contributed by atoms with E-state index in [0.717, 1.165) is 29.4 Å². The Bertz CT molecular complexity index is 390. The highest BCUT2D eigenvalue weighted by Crippen LogP contribution is 2.44. The van der Waals surface area contributed by atoms with E-state index in [2.05, 4.69) is 35.1 Å². The molecule has 1 N–H and O–H groups in total. The molecule has 0 spiro atoms. The third-order valence-corrected chi connectivity index (χ3v) is 5.27. The van der Waals surface area contributed by atoms with Gasteiger partial charge in [0.2, 0.25) is 0 Å². The molecular formula is C17H28BrNO. The third-order valence-electron chi connectivity index (χ3n) is 4.61. The number of halogens is 1. The van der Waals surface area contributed by atoms with Crippen molar-refractivity contribution in [3.8, 4) is 0 Å². The second-order valence-electron chi connectivity index (χ2n) is 6.17. The van der Waals surface area contributed by atoms with Crippen molar-refractivity contribution in [2.24, 2.45) is 11.8 Å². The molecule has 1 heterocycles.